The number of allylic oxidation sites excluding steroid dienone is 3. The molecule has 8 nitrogen and oxygen atoms in total. The number of hydrogen-bond acceptors (Lipinski definition) is 7. The molecule has 0 bridgehead atoms. The maximum Gasteiger partial charge on any atom is 0.336 e. The van der Waals surface area contributed by atoms with Gasteiger partial charge in [0, 0.05) is 23.0 Å². The van der Waals surface area contributed by atoms with Gasteiger partial charge in [0.2, 0.25) is 0 Å². The number of nitrogens with one attached hydrogen (secondary N) is 1. The lowest BCUT2D eigenvalue weighted by atomic mass is 9.77. The summed E-state index contributed by atoms with van der Waals surface area (Å²) in [6.07, 6.45) is 1.49. The number of rotatable bonds is 5. The van der Waals surface area contributed by atoms with Crippen LogP contribution in [0.25, 0.3) is 0 Å². The molecule has 0 saturated heterocycles. The molecule has 2 aliphatic heterocycles. The molecule has 0 aliphatic carbocycles. The van der Waals surface area contributed by atoms with Crippen LogP contribution in [0.5, 0.6) is 0 Å². The number of aliphatic imine (C=N–C) groups is 1. The molecule has 0 aromatic rings. The SMILES string of the molecule is CCOC(=O)C1=C(C)NC(C)=C(C(=O)OCC)C1C1=NC(=O)C(C#N)=CC1C. The van der Waals surface area contributed by atoms with Crippen molar-refractivity contribution in [3.63, 3.8) is 0 Å². The fourth-order valence-electron chi connectivity index (χ4n) is 3.35. The van der Waals surface area contributed by atoms with Crippen molar-refractivity contribution in [2.75, 3.05) is 13.2 Å². The highest BCUT2D eigenvalue weighted by Crippen LogP contribution is 2.36. The first-order valence-electron chi connectivity index (χ1n) is 9.04. The molecule has 2 aliphatic rings. The van der Waals surface area contributed by atoms with Gasteiger partial charge in [0.25, 0.3) is 5.91 Å². The minimum atomic E-state index is -0.908. The van der Waals surface area contributed by atoms with Crippen molar-refractivity contribution in [3.8, 4) is 6.07 Å². The second-order valence-electron chi connectivity index (χ2n) is 6.40. The van der Waals surface area contributed by atoms with Crippen LogP contribution in [-0.2, 0) is 23.9 Å². The van der Waals surface area contributed by atoms with E-state index in [1.165, 1.54) is 6.08 Å². The van der Waals surface area contributed by atoms with Crippen molar-refractivity contribution >= 4 is 23.6 Å². The van der Waals surface area contributed by atoms with E-state index in [9.17, 15) is 14.4 Å². The monoisotopic (exact) mass is 385 g/mol. The lowest BCUT2D eigenvalue weighted by molar-refractivity contribution is -0.139. The minimum Gasteiger partial charge on any atom is -0.463 e. The van der Waals surface area contributed by atoms with Crippen LogP contribution in [0.3, 0.4) is 0 Å². The van der Waals surface area contributed by atoms with E-state index >= 15 is 0 Å². The fraction of sp³-hybridized carbons (Fsp3) is 0.450. The number of ether oxygens (including phenoxy) is 2. The quantitative estimate of drug-likeness (QED) is 0.719. The topological polar surface area (TPSA) is 118 Å². The summed E-state index contributed by atoms with van der Waals surface area (Å²) in [7, 11) is 0. The molecule has 1 N–H and O–H groups in total. The third kappa shape index (κ3) is 3.88. The molecule has 1 atom stereocenters. The molecule has 8 heteroatoms. The van der Waals surface area contributed by atoms with Crippen LogP contribution < -0.4 is 5.32 Å². The third-order valence-electron chi connectivity index (χ3n) is 4.51. The molecule has 148 valence electrons. The van der Waals surface area contributed by atoms with Gasteiger partial charge in [0.15, 0.2) is 0 Å². The van der Waals surface area contributed by atoms with Crippen LogP contribution in [-0.4, -0.2) is 36.8 Å². The Morgan fingerprint density at radius 1 is 1.14 bits per heavy atom. The van der Waals surface area contributed by atoms with Crippen molar-refractivity contribution < 1.29 is 23.9 Å². The summed E-state index contributed by atoms with van der Waals surface area (Å²) in [4.78, 5) is 41.7. The Hall–Kier alpha value is -3.21. The smallest absolute Gasteiger partial charge is 0.336 e. The van der Waals surface area contributed by atoms with Gasteiger partial charge >= 0.3 is 11.9 Å². The predicted molar refractivity (Wildman–Crippen MR) is 101 cm³/mol. The average molecular weight is 385 g/mol. The van der Waals surface area contributed by atoms with Crippen LogP contribution in [0.4, 0.5) is 0 Å². The van der Waals surface area contributed by atoms with Crippen LogP contribution in [0.2, 0.25) is 0 Å². The Labute approximate surface area is 163 Å². The van der Waals surface area contributed by atoms with Gasteiger partial charge in [-0.1, -0.05) is 13.0 Å². The van der Waals surface area contributed by atoms with Gasteiger partial charge in [-0.25, -0.2) is 14.6 Å². The maximum absolute atomic E-state index is 12.7. The van der Waals surface area contributed by atoms with Gasteiger partial charge in [-0.05, 0) is 27.7 Å². The molecule has 2 rings (SSSR count). The van der Waals surface area contributed by atoms with Gasteiger partial charge in [-0.3, -0.25) is 4.79 Å². The first-order valence-corrected chi connectivity index (χ1v) is 9.04. The van der Waals surface area contributed by atoms with Gasteiger partial charge in [0.1, 0.15) is 11.6 Å². The van der Waals surface area contributed by atoms with Crippen molar-refractivity contribution in [1.29, 1.82) is 5.26 Å². The third-order valence-corrected chi connectivity index (χ3v) is 4.51. The zero-order valence-electron chi connectivity index (χ0n) is 16.6. The zero-order chi connectivity index (χ0) is 21.0. The highest BCUT2D eigenvalue weighted by atomic mass is 16.5. The number of hydrogen-bond donors (Lipinski definition) is 1. The number of carbonyl (C=O) groups excluding carboxylic acids is 3. The lowest BCUT2D eigenvalue weighted by Gasteiger charge is -2.33. The molecule has 0 aromatic heterocycles. The van der Waals surface area contributed by atoms with Crippen LogP contribution in [0.1, 0.15) is 34.6 Å². The summed E-state index contributed by atoms with van der Waals surface area (Å²) < 4.78 is 10.4. The van der Waals surface area contributed by atoms with E-state index in [2.05, 4.69) is 10.3 Å². The molecule has 28 heavy (non-hydrogen) atoms. The standard InChI is InChI=1S/C20H23N3O5/c1-6-27-19(25)14-11(4)22-12(5)15(20(26)28-7-2)16(14)17-10(3)8-13(9-21)18(24)23-17/h8,10,16,22H,6-7H2,1-5H3. The summed E-state index contributed by atoms with van der Waals surface area (Å²) in [6.45, 7) is 8.80. The van der Waals surface area contributed by atoms with E-state index in [4.69, 9.17) is 14.7 Å². The molecule has 0 spiro atoms. The van der Waals surface area contributed by atoms with Crippen molar-refractivity contribution in [2.45, 2.75) is 34.6 Å². The van der Waals surface area contributed by atoms with E-state index in [0.717, 1.165) is 0 Å². The Kier molecular flexibility index (Phi) is 6.52. The highest BCUT2D eigenvalue weighted by Gasteiger charge is 2.42. The normalized spacial score (nSPS) is 20.1. The number of dihydropyridines is 2. The summed E-state index contributed by atoms with van der Waals surface area (Å²) in [5.74, 6) is -3.26. The van der Waals surface area contributed by atoms with Gasteiger partial charge in [-0.15, -0.1) is 0 Å². The second-order valence-corrected chi connectivity index (χ2v) is 6.40. The number of carbonyl (C=O) groups is 3. The molecule has 1 unspecified atom stereocenters. The van der Waals surface area contributed by atoms with Crippen LogP contribution in [0.15, 0.2) is 39.2 Å². The second kappa shape index (κ2) is 8.65. The van der Waals surface area contributed by atoms with E-state index in [1.54, 1.807) is 34.6 Å². The number of nitrogens with zero attached hydrogens (tertiary/aromatic N) is 2. The number of nitriles is 1. The van der Waals surface area contributed by atoms with Crippen molar-refractivity contribution in [1.82, 2.24) is 5.32 Å². The number of amides is 1. The summed E-state index contributed by atoms with van der Waals surface area (Å²) in [5, 5.41) is 12.1. The van der Waals surface area contributed by atoms with Gasteiger partial charge in [0.05, 0.1) is 30.3 Å². The molecule has 2 heterocycles. The first-order chi connectivity index (χ1) is 13.3. The molecular formula is C20H23N3O5. The van der Waals surface area contributed by atoms with Crippen molar-refractivity contribution in [3.05, 3.63) is 34.2 Å². The highest BCUT2D eigenvalue weighted by molar-refractivity contribution is 6.16. The minimum absolute atomic E-state index is 0.0676. The van der Waals surface area contributed by atoms with Gasteiger partial charge in [-0.2, -0.15) is 5.26 Å². The largest absolute Gasteiger partial charge is 0.463 e. The molecule has 0 fully saturated rings. The lowest BCUT2D eigenvalue weighted by Crippen LogP contribution is -2.40. The molecule has 0 saturated carbocycles. The average Bonchev–Trinajstić information content (AvgIpc) is 2.62. The van der Waals surface area contributed by atoms with E-state index in [0.29, 0.717) is 17.1 Å². The maximum atomic E-state index is 12.7. The van der Waals surface area contributed by atoms with Crippen LogP contribution >= 0.6 is 0 Å². The summed E-state index contributed by atoms with van der Waals surface area (Å²) in [6, 6.07) is 1.82. The van der Waals surface area contributed by atoms with E-state index < -0.39 is 29.7 Å². The predicted octanol–water partition coefficient (Wildman–Crippen LogP) is 1.95. The molecular weight excluding hydrogens is 362 g/mol. The van der Waals surface area contributed by atoms with E-state index in [1.807, 2.05) is 6.07 Å². The Morgan fingerprint density at radius 3 is 2.07 bits per heavy atom. The first kappa shape index (κ1) is 21.1. The van der Waals surface area contributed by atoms with Crippen LogP contribution in [0, 0.1) is 23.2 Å². The molecule has 1 amide bonds. The number of esters is 2. The fourth-order valence-corrected chi connectivity index (χ4v) is 3.35. The Balaban J connectivity index is 2.67. The van der Waals surface area contributed by atoms with E-state index in [-0.39, 0.29) is 29.9 Å². The Morgan fingerprint density at radius 2 is 1.64 bits per heavy atom. The van der Waals surface area contributed by atoms with Gasteiger partial charge < -0.3 is 14.8 Å². The van der Waals surface area contributed by atoms with Crippen molar-refractivity contribution in [2.24, 2.45) is 16.8 Å². The molecule has 0 radical (unpaired) electrons. The molecule has 0 aromatic carbocycles. The zero-order valence-corrected chi connectivity index (χ0v) is 16.6. The Bertz CT molecular complexity index is 846. The summed E-state index contributed by atoms with van der Waals surface area (Å²) in [5.41, 5.74) is 1.64. The summed E-state index contributed by atoms with van der Waals surface area (Å²) >= 11 is 0.